The van der Waals surface area contributed by atoms with Gasteiger partial charge in [0.15, 0.2) is 17.4 Å². The molecule has 4 aromatic carbocycles. The summed E-state index contributed by atoms with van der Waals surface area (Å²) in [5.41, 5.74) is 3.40. The molecule has 4 heterocycles. The van der Waals surface area contributed by atoms with Crippen molar-refractivity contribution < 1.29 is 42.1 Å². The molecule has 5 atom stereocenters. The van der Waals surface area contributed by atoms with E-state index in [2.05, 4.69) is 35.4 Å². The average Bonchev–Trinajstić information content (AvgIpc) is 4.24. The molecule has 2 aromatic heterocycles. The molecule has 0 spiro atoms. The van der Waals surface area contributed by atoms with Crippen LogP contribution >= 0.6 is 34.5 Å². The first-order valence-corrected chi connectivity index (χ1v) is 28.6. The number of ether oxygens (including phenoxy) is 4. The average molecular weight is 1150 g/mol. The number of carbonyl (C=O) groups excluding carboxylic acids is 3. The van der Waals surface area contributed by atoms with Crippen LogP contribution in [0.25, 0.3) is 5.00 Å². The molecule has 0 amide bonds. The Labute approximate surface area is 481 Å². The van der Waals surface area contributed by atoms with Crippen molar-refractivity contribution in [2.45, 2.75) is 123 Å². The van der Waals surface area contributed by atoms with Crippen LogP contribution in [0.3, 0.4) is 0 Å². The van der Waals surface area contributed by atoms with E-state index in [1.807, 2.05) is 56.5 Å². The second-order valence-electron chi connectivity index (χ2n) is 21.8. The molecule has 422 valence electrons. The summed E-state index contributed by atoms with van der Waals surface area (Å²) in [7, 11) is 1.45. The number of carbonyl (C=O) groups is 3. The molecule has 0 bridgehead atoms. The van der Waals surface area contributed by atoms with Crippen LogP contribution in [0.1, 0.15) is 137 Å². The first-order chi connectivity index (χ1) is 38.3. The number of rotatable bonds is 25. The lowest BCUT2D eigenvalue weighted by atomic mass is 9.62. The summed E-state index contributed by atoms with van der Waals surface area (Å²) in [6.45, 7) is 15.9. The van der Waals surface area contributed by atoms with Gasteiger partial charge < -0.3 is 24.3 Å². The predicted octanol–water partition coefficient (Wildman–Crippen LogP) is 12.6. The van der Waals surface area contributed by atoms with Crippen molar-refractivity contribution in [1.82, 2.24) is 20.1 Å². The number of thiophene rings is 1. The normalized spacial score (nSPS) is 18.8. The molecule has 1 unspecified atom stereocenters. The molecule has 6 aromatic rings. The Morgan fingerprint density at radius 1 is 0.863 bits per heavy atom. The van der Waals surface area contributed by atoms with Crippen LogP contribution in [0.15, 0.2) is 83.9 Å². The van der Waals surface area contributed by atoms with Crippen LogP contribution in [0.2, 0.25) is 10.0 Å². The number of aryl methyl sites for hydroxylation is 3. The molecule has 2 aliphatic rings. The topological polar surface area (TPSA) is 167 Å². The molecule has 8 rings (SSSR count). The summed E-state index contributed by atoms with van der Waals surface area (Å²) in [5.74, 6) is -1.34. The zero-order chi connectivity index (χ0) is 57.5. The van der Waals surface area contributed by atoms with E-state index in [4.69, 9.17) is 47.1 Å². The van der Waals surface area contributed by atoms with Crippen molar-refractivity contribution >= 4 is 57.6 Å². The third kappa shape index (κ3) is 13.3. The number of aromatic nitrogens is 3. The lowest BCUT2D eigenvalue weighted by Gasteiger charge is -2.37. The molecule has 0 aliphatic carbocycles. The smallest absolute Gasteiger partial charge is 0.163 e. The van der Waals surface area contributed by atoms with Crippen molar-refractivity contribution in [3.8, 4) is 16.8 Å². The van der Waals surface area contributed by atoms with Gasteiger partial charge in [-0.15, -0.1) is 21.5 Å². The van der Waals surface area contributed by atoms with Gasteiger partial charge in [0.2, 0.25) is 0 Å². The molecule has 80 heavy (non-hydrogen) atoms. The Hall–Kier alpha value is -6.03. The molecular formula is C62H68Cl2F2N6O7S. The molecule has 18 heteroatoms. The number of nitriles is 1. The summed E-state index contributed by atoms with van der Waals surface area (Å²) in [6.07, 6.45) is 1.88. The number of methoxy groups -OCH3 is 1. The maximum absolute atomic E-state index is 16.2. The SMILES string of the molecule is COc1cc(C(=O)CCCOCCOCCOCCCC(=O)C[C@@H]2N=C(c3ccc(Cl)cc3)c3c(sc(C)c3C)-n3c(C)nnc32)ccc1CC(=O)C1N[C@@H](CC(C)(C)C)[C@](C#N)(c2ccc(C)cc2F)[C@H]1c1cccc(Cl)c1F. The van der Waals surface area contributed by atoms with Crippen LogP contribution in [-0.4, -0.2) is 96.7 Å². The van der Waals surface area contributed by atoms with Crippen LogP contribution in [0.4, 0.5) is 8.78 Å². The lowest BCUT2D eigenvalue weighted by molar-refractivity contribution is -0.121. The van der Waals surface area contributed by atoms with Crippen molar-refractivity contribution in [3.05, 3.63) is 162 Å². The molecule has 1 N–H and O–H groups in total. The van der Waals surface area contributed by atoms with Gasteiger partial charge in [0.25, 0.3) is 0 Å². The number of benzene rings is 4. The number of nitrogens with one attached hydrogen (secondary N) is 1. The maximum atomic E-state index is 16.2. The molecule has 0 radical (unpaired) electrons. The third-order valence-corrected chi connectivity index (χ3v) is 16.7. The van der Waals surface area contributed by atoms with Crippen LogP contribution in [-0.2, 0) is 35.6 Å². The van der Waals surface area contributed by atoms with E-state index in [0.717, 1.165) is 33.2 Å². The highest BCUT2D eigenvalue weighted by atomic mass is 35.5. The fraction of sp³-hybridized carbons (Fsp3) is 0.435. The molecule has 13 nitrogen and oxygen atoms in total. The Kier molecular flexibility index (Phi) is 19.7. The quantitative estimate of drug-likeness (QED) is 0.0428. The highest BCUT2D eigenvalue weighted by Crippen LogP contribution is 2.53. The maximum Gasteiger partial charge on any atom is 0.163 e. The zero-order valence-corrected chi connectivity index (χ0v) is 48.8. The molecular weight excluding hydrogens is 1080 g/mol. The molecule has 2 aliphatic heterocycles. The van der Waals surface area contributed by atoms with Gasteiger partial charge in [-0.2, -0.15) is 5.26 Å². The van der Waals surface area contributed by atoms with Gasteiger partial charge in [0.05, 0.1) is 56.4 Å². The Bertz CT molecular complexity index is 3310. The molecule has 1 fully saturated rings. The van der Waals surface area contributed by atoms with Gasteiger partial charge in [-0.3, -0.25) is 23.9 Å². The van der Waals surface area contributed by atoms with E-state index in [1.54, 1.807) is 54.7 Å². The van der Waals surface area contributed by atoms with Gasteiger partial charge in [-0.05, 0) is 99.4 Å². The van der Waals surface area contributed by atoms with Gasteiger partial charge >= 0.3 is 0 Å². The second kappa shape index (κ2) is 26.3. The monoisotopic (exact) mass is 1150 g/mol. The highest BCUT2D eigenvalue weighted by molar-refractivity contribution is 7.15. The number of fused-ring (bicyclic) bond motifs is 3. The van der Waals surface area contributed by atoms with Crippen molar-refractivity contribution in [2.24, 2.45) is 10.4 Å². The summed E-state index contributed by atoms with van der Waals surface area (Å²) in [5, 5.41) is 25.0. The van der Waals surface area contributed by atoms with Crippen LogP contribution < -0.4 is 10.1 Å². The summed E-state index contributed by atoms with van der Waals surface area (Å²) in [4.78, 5) is 47.9. The van der Waals surface area contributed by atoms with E-state index in [9.17, 15) is 19.6 Å². The number of hydrogen-bond acceptors (Lipinski definition) is 13. The van der Waals surface area contributed by atoms with E-state index < -0.39 is 41.1 Å². The minimum Gasteiger partial charge on any atom is -0.496 e. The highest BCUT2D eigenvalue weighted by Gasteiger charge is 2.61. The molecule has 0 saturated carbocycles. The first kappa shape index (κ1) is 60.1. The van der Waals surface area contributed by atoms with Gasteiger partial charge in [-0.25, -0.2) is 8.78 Å². The van der Waals surface area contributed by atoms with E-state index in [1.165, 1.54) is 30.2 Å². The largest absolute Gasteiger partial charge is 0.496 e. The number of hydrogen-bond donors (Lipinski definition) is 1. The standard InChI is InChI=1S/C62H68Cl2F2N6O7S/c1-36-16-23-46(48(65)30-36)62(35-67)53(34-61(5,6)7)69-58(55(62)45-13-9-14-47(64)56(45)66)51(75)31-42-18-17-41(32-52(42)76-8)50(74)15-11-25-78-27-29-79-28-26-77-24-10-12-44(73)33-49-59-71-70-39(4)72(59)60-54(37(2)38(3)80-60)57(68-49)40-19-21-43(63)22-20-40/h9,13-14,16-23,30,32,49,53,55,58,69H,10-12,15,24-29,31,33-34H2,1-8H3/t49-,53-,55-,58?,62-/m0/s1. The minimum atomic E-state index is -1.71. The minimum absolute atomic E-state index is 0.0315. The number of Topliss-reactive ketones (excluding diaryl/α,β-unsaturated/α-hetero) is 3. The van der Waals surface area contributed by atoms with Crippen LogP contribution in [0.5, 0.6) is 5.75 Å². The van der Waals surface area contributed by atoms with Crippen LogP contribution in [0, 0.1) is 56.1 Å². The predicted molar refractivity (Wildman–Crippen MR) is 307 cm³/mol. The fourth-order valence-corrected chi connectivity index (χ4v) is 12.5. The Balaban J connectivity index is 0.776. The third-order valence-electron chi connectivity index (χ3n) is 14.9. The number of nitrogens with zero attached hydrogens (tertiary/aromatic N) is 5. The summed E-state index contributed by atoms with van der Waals surface area (Å²) in [6, 6.07) is 21.6. The first-order valence-electron chi connectivity index (χ1n) is 27.0. The fourth-order valence-electron chi connectivity index (χ4n) is 10.9. The lowest BCUT2D eigenvalue weighted by Crippen LogP contribution is -2.44. The van der Waals surface area contributed by atoms with Gasteiger partial charge in [-0.1, -0.05) is 92.5 Å². The Morgan fingerprint density at radius 2 is 1.55 bits per heavy atom. The number of ketones is 3. The van der Waals surface area contributed by atoms with Gasteiger partial charge in [0.1, 0.15) is 45.4 Å². The Morgan fingerprint density at radius 3 is 2.21 bits per heavy atom. The van der Waals surface area contributed by atoms with Crippen molar-refractivity contribution in [2.75, 3.05) is 46.8 Å². The number of aliphatic imine (C=N–C) groups is 1. The van der Waals surface area contributed by atoms with Gasteiger partial charge in [0, 0.05) is 88.6 Å². The number of halogens is 4. The second-order valence-corrected chi connectivity index (χ2v) is 23.9. The summed E-state index contributed by atoms with van der Waals surface area (Å²) < 4.78 is 57.4. The summed E-state index contributed by atoms with van der Waals surface area (Å²) >= 11 is 14.3. The zero-order valence-electron chi connectivity index (χ0n) is 46.5. The van der Waals surface area contributed by atoms with E-state index >= 15 is 8.78 Å². The molecule has 1 saturated heterocycles. The van der Waals surface area contributed by atoms with Crippen molar-refractivity contribution in [3.63, 3.8) is 0 Å². The van der Waals surface area contributed by atoms with Crippen molar-refractivity contribution in [1.29, 1.82) is 5.26 Å². The van der Waals surface area contributed by atoms with E-state index in [0.29, 0.717) is 98.6 Å². The van der Waals surface area contributed by atoms with E-state index in [-0.39, 0.29) is 58.2 Å².